The van der Waals surface area contributed by atoms with E-state index in [9.17, 15) is 14.4 Å². The molecule has 9 nitrogen and oxygen atoms in total. The number of aromatic nitrogens is 1. The van der Waals surface area contributed by atoms with Crippen LogP contribution in [0, 0.1) is 0 Å². The van der Waals surface area contributed by atoms with Crippen LogP contribution in [0.4, 0.5) is 21.9 Å². The van der Waals surface area contributed by atoms with Gasteiger partial charge in [-0.2, -0.15) is 0 Å². The highest BCUT2D eigenvalue weighted by Gasteiger charge is 2.34. The van der Waals surface area contributed by atoms with E-state index in [1.54, 1.807) is 16.0 Å². The molecular weight excluding hydrogens is 502 g/mol. The number of anilines is 3. The van der Waals surface area contributed by atoms with E-state index < -0.39 is 0 Å². The van der Waals surface area contributed by atoms with E-state index in [1.807, 2.05) is 18.2 Å². The summed E-state index contributed by atoms with van der Waals surface area (Å²) in [6, 6.07) is 9.43. The normalized spacial score (nSPS) is 19.8. The van der Waals surface area contributed by atoms with Crippen molar-refractivity contribution < 1.29 is 19.1 Å². The Kier molecular flexibility index (Phi) is 6.59. The molecule has 10 heteroatoms. The van der Waals surface area contributed by atoms with E-state index >= 15 is 0 Å². The van der Waals surface area contributed by atoms with E-state index in [0.717, 1.165) is 50.0 Å². The number of likely N-dealkylation sites (tertiary alicyclic amines) is 1. The third-order valence-corrected chi connectivity index (χ3v) is 8.61. The summed E-state index contributed by atoms with van der Waals surface area (Å²) in [5.74, 6) is -0.0105. The molecule has 0 spiro atoms. The van der Waals surface area contributed by atoms with Gasteiger partial charge in [0.1, 0.15) is 9.71 Å². The van der Waals surface area contributed by atoms with Gasteiger partial charge in [0.15, 0.2) is 0 Å². The van der Waals surface area contributed by atoms with Crippen LogP contribution in [0.5, 0.6) is 0 Å². The standard InChI is InChI=1S/C28H29N5O4S/c1-2-22(34)32-12-4-6-19(16-32)30-26(35)25-24-23-21(8-11-29-27(23)38-25)33(28(36)31-24)20-7-3-5-18(15-20)17-9-13-37-14-10-17/h2-3,5,7-8,11,15,17,19H,1,4,6,9-10,12-14,16H2,(H,30,35)(H,31,36). The number of hydrogen-bond donors (Lipinski definition) is 2. The van der Waals surface area contributed by atoms with Crippen molar-refractivity contribution in [2.75, 3.05) is 36.5 Å². The molecule has 196 valence electrons. The quantitative estimate of drug-likeness (QED) is 0.461. The van der Waals surface area contributed by atoms with Gasteiger partial charge in [0, 0.05) is 38.5 Å². The van der Waals surface area contributed by atoms with Gasteiger partial charge in [-0.05, 0) is 61.4 Å². The molecule has 0 bridgehead atoms. The smallest absolute Gasteiger partial charge is 0.331 e. The predicted octanol–water partition coefficient (Wildman–Crippen LogP) is 4.78. The molecular formula is C28H29N5O4S. The number of thiophene rings is 1. The lowest BCUT2D eigenvalue weighted by molar-refractivity contribution is -0.127. The molecule has 2 saturated heterocycles. The molecule has 38 heavy (non-hydrogen) atoms. The third-order valence-electron chi connectivity index (χ3n) is 7.52. The Morgan fingerprint density at radius 2 is 2.05 bits per heavy atom. The number of urea groups is 1. The van der Waals surface area contributed by atoms with Crippen LogP contribution in [-0.2, 0) is 9.53 Å². The Labute approximate surface area is 224 Å². The van der Waals surface area contributed by atoms with Crippen molar-refractivity contribution in [3.63, 3.8) is 0 Å². The number of nitrogens with zero attached hydrogens (tertiary/aromatic N) is 3. The van der Waals surface area contributed by atoms with E-state index in [0.29, 0.717) is 40.1 Å². The molecule has 3 aliphatic rings. The topological polar surface area (TPSA) is 104 Å². The fourth-order valence-corrected chi connectivity index (χ4v) is 6.65. The van der Waals surface area contributed by atoms with E-state index in [4.69, 9.17) is 4.74 Å². The average Bonchev–Trinajstić information content (AvgIpc) is 3.33. The van der Waals surface area contributed by atoms with Crippen LogP contribution >= 0.6 is 11.3 Å². The number of piperidine rings is 1. The summed E-state index contributed by atoms with van der Waals surface area (Å²) in [6.07, 6.45) is 6.47. The van der Waals surface area contributed by atoms with Crippen LogP contribution in [0.2, 0.25) is 0 Å². The number of ether oxygens (including phenoxy) is 1. The third kappa shape index (κ3) is 4.43. The number of benzene rings is 1. The maximum absolute atomic E-state index is 13.5. The minimum atomic E-state index is -0.318. The van der Waals surface area contributed by atoms with Crippen LogP contribution in [0.15, 0.2) is 49.2 Å². The first-order chi connectivity index (χ1) is 18.5. The molecule has 3 aromatic rings. The Bertz CT molecular complexity index is 1430. The Hall–Kier alpha value is -3.76. The zero-order valence-electron chi connectivity index (χ0n) is 20.9. The summed E-state index contributed by atoms with van der Waals surface area (Å²) >= 11 is 1.26. The first-order valence-corrected chi connectivity index (χ1v) is 13.8. The van der Waals surface area contributed by atoms with Gasteiger partial charge in [-0.15, -0.1) is 11.3 Å². The maximum Gasteiger partial charge on any atom is 0.331 e. The van der Waals surface area contributed by atoms with Crippen molar-refractivity contribution in [2.24, 2.45) is 0 Å². The highest BCUT2D eigenvalue weighted by atomic mass is 32.1. The monoisotopic (exact) mass is 531 g/mol. The summed E-state index contributed by atoms with van der Waals surface area (Å²) in [6.45, 7) is 6.14. The van der Waals surface area contributed by atoms with Gasteiger partial charge in [0.05, 0.1) is 22.4 Å². The second-order valence-corrected chi connectivity index (χ2v) is 10.9. The predicted molar refractivity (Wildman–Crippen MR) is 147 cm³/mol. The van der Waals surface area contributed by atoms with Gasteiger partial charge >= 0.3 is 6.03 Å². The molecule has 0 aliphatic carbocycles. The van der Waals surface area contributed by atoms with Crippen LogP contribution in [-0.4, -0.2) is 60.1 Å². The second kappa shape index (κ2) is 10.2. The molecule has 0 saturated carbocycles. The molecule has 4 amide bonds. The van der Waals surface area contributed by atoms with Gasteiger partial charge in [0.25, 0.3) is 5.91 Å². The Morgan fingerprint density at radius 3 is 2.87 bits per heavy atom. The molecule has 2 N–H and O–H groups in total. The van der Waals surface area contributed by atoms with Crippen molar-refractivity contribution in [1.82, 2.24) is 15.2 Å². The van der Waals surface area contributed by atoms with Crippen molar-refractivity contribution in [1.29, 1.82) is 0 Å². The zero-order chi connectivity index (χ0) is 26.2. The molecule has 1 aromatic carbocycles. The molecule has 3 aliphatic heterocycles. The van der Waals surface area contributed by atoms with Crippen LogP contribution < -0.4 is 15.5 Å². The van der Waals surface area contributed by atoms with Gasteiger partial charge in [0.2, 0.25) is 5.91 Å². The first kappa shape index (κ1) is 24.6. The molecule has 2 fully saturated rings. The summed E-state index contributed by atoms with van der Waals surface area (Å²) in [5, 5.41) is 6.79. The number of hydrogen-bond acceptors (Lipinski definition) is 6. The number of carbonyl (C=O) groups excluding carboxylic acids is 3. The zero-order valence-corrected chi connectivity index (χ0v) is 21.8. The minimum Gasteiger partial charge on any atom is -0.381 e. The Morgan fingerprint density at radius 1 is 1.21 bits per heavy atom. The first-order valence-electron chi connectivity index (χ1n) is 13.0. The number of nitrogens with one attached hydrogen (secondary N) is 2. The minimum absolute atomic E-state index is 0.136. The number of amides is 4. The van der Waals surface area contributed by atoms with E-state index in [-0.39, 0.29) is 23.9 Å². The van der Waals surface area contributed by atoms with Crippen LogP contribution in [0.3, 0.4) is 0 Å². The molecule has 1 unspecified atom stereocenters. The summed E-state index contributed by atoms with van der Waals surface area (Å²) in [5.41, 5.74) is 3.16. The SMILES string of the molecule is C=CC(=O)N1CCCC(NC(=O)c2sc3nccc4c3c2NC(=O)N4c2cccc(C3CCOCC3)c2)C1. The highest BCUT2D eigenvalue weighted by Crippen LogP contribution is 2.46. The molecule has 0 radical (unpaired) electrons. The lowest BCUT2D eigenvalue weighted by Gasteiger charge is -2.32. The Balaban J connectivity index is 1.30. The van der Waals surface area contributed by atoms with Crippen molar-refractivity contribution >= 4 is 56.5 Å². The number of rotatable bonds is 5. The molecule has 1 atom stereocenters. The van der Waals surface area contributed by atoms with E-state index in [2.05, 4.69) is 34.3 Å². The fourth-order valence-electron chi connectivity index (χ4n) is 5.62. The highest BCUT2D eigenvalue weighted by molar-refractivity contribution is 7.21. The van der Waals surface area contributed by atoms with Gasteiger partial charge in [-0.25, -0.2) is 9.78 Å². The van der Waals surface area contributed by atoms with Gasteiger partial charge in [-0.3, -0.25) is 14.5 Å². The lowest BCUT2D eigenvalue weighted by Crippen LogP contribution is -2.49. The molecule has 2 aromatic heterocycles. The van der Waals surface area contributed by atoms with Gasteiger partial charge < -0.3 is 20.3 Å². The number of pyridine rings is 1. The van der Waals surface area contributed by atoms with Crippen LogP contribution in [0.25, 0.3) is 10.2 Å². The second-order valence-electron chi connectivity index (χ2n) is 9.86. The summed E-state index contributed by atoms with van der Waals surface area (Å²) < 4.78 is 5.52. The van der Waals surface area contributed by atoms with Crippen molar-refractivity contribution in [3.05, 3.63) is 59.6 Å². The van der Waals surface area contributed by atoms with Crippen molar-refractivity contribution in [3.8, 4) is 0 Å². The summed E-state index contributed by atoms with van der Waals surface area (Å²) in [7, 11) is 0. The molecule has 5 heterocycles. The largest absolute Gasteiger partial charge is 0.381 e. The summed E-state index contributed by atoms with van der Waals surface area (Å²) in [4.78, 5) is 47.9. The molecule has 6 rings (SSSR count). The van der Waals surface area contributed by atoms with E-state index in [1.165, 1.54) is 23.0 Å². The fraction of sp³-hybridized carbons (Fsp3) is 0.357. The number of carbonyl (C=O) groups is 3. The van der Waals surface area contributed by atoms with Crippen LogP contribution in [0.1, 0.15) is 46.8 Å². The van der Waals surface area contributed by atoms with Gasteiger partial charge in [-0.1, -0.05) is 18.7 Å². The lowest BCUT2D eigenvalue weighted by atomic mass is 9.91. The van der Waals surface area contributed by atoms with Crippen molar-refractivity contribution in [2.45, 2.75) is 37.6 Å². The average molecular weight is 532 g/mol. The maximum atomic E-state index is 13.5.